The third-order valence-corrected chi connectivity index (χ3v) is 16.0. The number of aromatic nitrogens is 4. The monoisotopic (exact) mass is 1090 g/mol. The van der Waals surface area contributed by atoms with E-state index in [1.54, 1.807) is 48.3 Å². The summed E-state index contributed by atoms with van der Waals surface area (Å²) in [5, 5.41) is 14.3. The number of hydrogen-bond acceptors (Lipinski definition) is 12. The molecule has 0 spiro atoms. The quantitative estimate of drug-likeness (QED) is 0.0255. The number of fused-ring (bicyclic) bond motifs is 1. The number of carbonyl (C=O) groups excluding carboxylic acids is 3. The minimum absolute atomic E-state index is 0.00609. The summed E-state index contributed by atoms with van der Waals surface area (Å²) >= 11 is 0. The zero-order chi connectivity index (χ0) is 54.7. The molecular weight excluding hydrogens is 1030 g/mol. The lowest BCUT2D eigenvalue weighted by Crippen LogP contribution is -2.48. The second kappa shape index (κ2) is 23.9. The van der Waals surface area contributed by atoms with Crippen LogP contribution in [0.25, 0.3) is 22.0 Å². The van der Waals surface area contributed by atoms with Crippen LogP contribution in [-0.2, 0) is 60.1 Å². The van der Waals surface area contributed by atoms with Gasteiger partial charge in [0, 0.05) is 50.0 Å². The van der Waals surface area contributed by atoms with Gasteiger partial charge in [0.2, 0.25) is 26.0 Å². The first-order valence-electron chi connectivity index (χ1n) is 24.7. The van der Waals surface area contributed by atoms with Crippen molar-refractivity contribution >= 4 is 54.9 Å². The number of imidazole rings is 1. The maximum Gasteiger partial charge on any atom is 0.407 e. The number of hydrogen-bond donors (Lipinski definition) is 5. The summed E-state index contributed by atoms with van der Waals surface area (Å²) < 4.78 is 71.8. The Kier molecular flexibility index (Phi) is 16.5. The van der Waals surface area contributed by atoms with Gasteiger partial charge in [-0.25, -0.2) is 31.3 Å². The van der Waals surface area contributed by atoms with Crippen LogP contribution in [0.15, 0.2) is 210 Å². The average molecular weight is 1090 g/mol. The predicted octanol–water partition coefficient (Wildman–Crippen LogP) is 7.34. The highest BCUT2D eigenvalue weighted by Gasteiger charge is 2.40. The molecule has 0 aliphatic rings. The minimum Gasteiger partial charge on any atom is -0.468 e. The topological polar surface area (TPSA) is 234 Å². The number of rotatable bonds is 22. The van der Waals surface area contributed by atoms with Crippen molar-refractivity contribution in [2.75, 3.05) is 32.1 Å². The molecule has 78 heavy (non-hydrogen) atoms. The van der Waals surface area contributed by atoms with Crippen LogP contribution in [0.3, 0.4) is 0 Å². The lowest BCUT2D eigenvalue weighted by Gasteiger charge is -2.38. The second-order valence-corrected chi connectivity index (χ2v) is 21.4. The van der Waals surface area contributed by atoms with Gasteiger partial charge >= 0.3 is 12.1 Å². The largest absolute Gasteiger partial charge is 0.468 e. The highest BCUT2D eigenvalue weighted by atomic mass is 32.2. The number of nitrogens with zero attached hydrogens (tertiary/aromatic N) is 4. The first kappa shape index (κ1) is 53.9. The summed E-state index contributed by atoms with van der Waals surface area (Å²) in [5.74, 6) is -0.892. The standard InChI is InChI=1S/C58H55N9O9S2/c1-66-53-37-44(27-32-50(53)51(64-66)38-62-56-59-35-36-67(56)58(45-17-9-4-10-18-45,46-19-11-5-12-20-46)47-21-13-6-14-22-47)54(68)61-39-52(55(69)75-2)65-78(73,74)49-30-25-43(26-31-49)42-23-28-48(29-24-42)77(71,72)63-34-33-60-57(70)76-40-41-15-7-3-8-16-41/h3-32,35-37,52,63,65H,33-34,38-40H2,1-2H3,(H,59,62)(H,60,70)(H,61,68). The highest BCUT2D eigenvalue weighted by molar-refractivity contribution is 7.89. The average Bonchev–Trinajstić information content (AvgIpc) is 4.26. The van der Waals surface area contributed by atoms with Crippen molar-refractivity contribution in [3.8, 4) is 11.1 Å². The fraction of sp³-hybridized carbons (Fsp3) is 0.155. The molecule has 1 unspecified atom stereocenters. The first-order chi connectivity index (χ1) is 37.8. The Bertz CT molecular complexity index is 3660. The Morgan fingerprint density at radius 3 is 1.77 bits per heavy atom. The number of aryl methyl sites for hydroxylation is 1. The van der Waals surface area contributed by atoms with Crippen LogP contribution in [0.5, 0.6) is 0 Å². The molecule has 5 N–H and O–H groups in total. The second-order valence-electron chi connectivity index (χ2n) is 17.9. The third-order valence-electron chi connectivity index (χ3n) is 13.0. The molecule has 0 aliphatic carbocycles. The highest BCUT2D eigenvalue weighted by Crippen LogP contribution is 2.42. The molecule has 0 fully saturated rings. The van der Waals surface area contributed by atoms with Crippen molar-refractivity contribution < 1.29 is 40.7 Å². The molecule has 18 nitrogen and oxygen atoms in total. The van der Waals surface area contributed by atoms with Crippen molar-refractivity contribution in [2.45, 2.75) is 34.5 Å². The Morgan fingerprint density at radius 2 is 1.21 bits per heavy atom. The summed E-state index contributed by atoms with van der Waals surface area (Å²) in [7, 11) is -5.39. The van der Waals surface area contributed by atoms with Crippen LogP contribution in [0.1, 0.15) is 38.3 Å². The van der Waals surface area contributed by atoms with E-state index < -0.39 is 56.1 Å². The number of anilines is 1. The maximum absolute atomic E-state index is 13.7. The number of benzene rings is 7. The van der Waals surface area contributed by atoms with E-state index >= 15 is 0 Å². The number of nitrogens with one attached hydrogen (secondary N) is 5. The van der Waals surface area contributed by atoms with E-state index in [2.05, 4.69) is 66.4 Å². The molecule has 2 amide bonds. The molecule has 0 aliphatic heterocycles. The molecule has 20 heteroatoms. The van der Waals surface area contributed by atoms with Crippen molar-refractivity contribution in [1.29, 1.82) is 0 Å². The molecule has 2 aromatic heterocycles. The Balaban J connectivity index is 0.819. The molecule has 7 aromatic carbocycles. The van der Waals surface area contributed by atoms with Crippen LogP contribution in [0, 0.1) is 0 Å². The third kappa shape index (κ3) is 12.0. The lowest BCUT2D eigenvalue weighted by atomic mass is 9.76. The molecule has 9 rings (SSSR count). The minimum atomic E-state index is -4.34. The molecule has 9 aromatic rings. The number of esters is 1. The summed E-state index contributed by atoms with van der Waals surface area (Å²) in [4.78, 5) is 43.2. The summed E-state index contributed by atoms with van der Waals surface area (Å²) in [6, 6.07) is 55.2. The normalized spacial score (nSPS) is 12.1. The number of carbonyl (C=O) groups is 3. The van der Waals surface area contributed by atoms with E-state index in [1.807, 2.05) is 91.1 Å². The number of alkyl carbamates (subject to hydrolysis) is 1. The van der Waals surface area contributed by atoms with Crippen LogP contribution >= 0.6 is 0 Å². The van der Waals surface area contributed by atoms with E-state index in [-0.39, 0.29) is 41.6 Å². The molecule has 0 bridgehead atoms. The van der Waals surface area contributed by atoms with Gasteiger partial charge in [-0.2, -0.15) is 9.82 Å². The summed E-state index contributed by atoms with van der Waals surface area (Å²) in [6.07, 6.45) is 3.05. The number of methoxy groups -OCH3 is 1. The van der Waals surface area contributed by atoms with Crippen LogP contribution in [0.2, 0.25) is 0 Å². The van der Waals surface area contributed by atoms with Gasteiger partial charge < -0.3 is 25.4 Å². The molecule has 2 heterocycles. The van der Waals surface area contributed by atoms with E-state index in [9.17, 15) is 31.2 Å². The van der Waals surface area contributed by atoms with Crippen molar-refractivity contribution in [3.63, 3.8) is 0 Å². The SMILES string of the molecule is COC(=O)C(CNC(=O)c1ccc2c(CNc3nccn3C(c3ccccc3)(c3ccccc3)c3ccccc3)nn(C)c2c1)NS(=O)(=O)c1ccc(-c2ccc(S(=O)(=O)NCCNC(=O)OCc3ccccc3)cc2)cc1. The molecule has 0 radical (unpaired) electrons. The molecule has 398 valence electrons. The van der Waals surface area contributed by atoms with E-state index in [0.717, 1.165) is 34.7 Å². The summed E-state index contributed by atoms with van der Waals surface area (Å²) in [5.41, 5.74) is 5.90. The van der Waals surface area contributed by atoms with Gasteiger partial charge in [0.25, 0.3) is 5.91 Å². The summed E-state index contributed by atoms with van der Waals surface area (Å²) in [6.45, 7) is -0.166. The predicted molar refractivity (Wildman–Crippen MR) is 295 cm³/mol. The van der Waals surface area contributed by atoms with Gasteiger partial charge in [-0.1, -0.05) is 152 Å². The van der Waals surface area contributed by atoms with E-state index in [4.69, 9.17) is 19.6 Å². The first-order valence-corrected chi connectivity index (χ1v) is 27.7. The number of sulfonamides is 2. The Labute approximate surface area is 451 Å². The van der Waals surface area contributed by atoms with Crippen molar-refractivity contribution in [1.82, 2.24) is 39.4 Å². The Hall–Kier alpha value is -8.95. The zero-order valence-electron chi connectivity index (χ0n) is 42.4. The number of ether oxygens (including phenoxy) is 2. The lowest BCUT2D eigenvalue weighted by molar-refractivity contribution is -0.142. The van der Waals surface area contributed by atoms with E-state index in [1.165, 1.54) is 36.4 Å². The smallest absolute Gasteiger partial charge is 0.407 e. The zero-order valence-corrected chi connectivity index (χ0v) is 44.1. The van der Waals surface area contributed by atoms with Crippen molar-refractivity contribution in [2.24, 2.45) is 7.05 Å². The molecule has 0 saturated carbocycles. The molecular formula is C58H55N9O9S2. The molecule has 1 atom stereocenters. The van der Waals surface area contributed by atoms with Crippen LogP contribution < -0.4 is 25.4 Å². The van der Waals surface area contributed by atoms with Crippen LogP contribution in [0.4, 0.5) is 10.7 Å². The fourth-order valence-electron chi connectivity index (χ4n) is 9.16. The molecule has 0 saturated heterocycles. The fourth-order valence-corrected chi connectivity index (χ4v) is 11.4. The van der Waals surface area contributed by atoms with Gasteiger partial charge in [-0.15, -0.1) is 0 Å². The van der Waals surface area contributed by atoms with Gasteiger partial charge in [-0.3, -0.25) is 18.8 Å². The maximum atomic E-state index is 13.7. The van der Waals surface area contributed by atoms with Gasteiger partial charge in [-0.05, 0) is 69.8 Å². The van der Waals surface area contributed by atoms with Gasteiger partial charge in [0.05, 0.1) is 34.7 Å². The van der Waals surface area contributed by atoms with Gasteiger partial charge in [0.1, 0.15) is 18.2 Å². The van der Waals surface area contributed by atoms with E-state index in [0.29, 0.717) is 28.3 Å². The number of amides is 2. The Morgan fingerprint density at radius 1 is 0.654 bits per heavy atom. The van der Waals surface area contributed by atoms with Crippen molar-refractivity contribution in [3.05, 3.63) is 234 Å². The van der Waals surface area contributed by atoms with Crippen LogP contribution in [-0.4, -0.2) is 86.9 Å². The van der Waals surface area contributed by atoms with Gasteiger partial charge in [0.15, 0.2) is 0 Å².